The summed E-state index contributed by atoms with van der Waals surface area (Å²) >= 11 is 1.43. The van der Waals surface area contributed by atoms with Crippen molar-refractivity contribution in [2.75, 3.05) is 31.8 Å². The SMILES string of the molecule is CSc1ccccc1C(=O)OCC(=O)N(C)CC(=O)Nc1ccc(C)cc1. The van der Waals surface area contributed by atoms with Crippen molar-refractivity contribution in [2.45, 2.75) is 11.8 Å². The minimum absolute atomic E-state index is 0.133. The maximum Gasteiger partial charge on any atom is 0.339 e. The first-order chi connectivity index (χ1) is 12.9. The highest BCUT2D eigenvalue weighted by Gasteiger charge is 2.17. The average Bonchev–Trinajstić information content (AvgIpc) is 2.67. The molecule has 0 atom stereocenters. The number of hydrogen-bond donors (Lipinski definition) is 1. The van der Waals surface area contributed by atoms with E-state index in [1.54, 1.807) is 24.3 Å². The molecule has 0 aliphatic carbocycles. The smallest absolute Gasteiger partial charge is 0.339 e. The lowest BCUT2D eigenvalue weighted by Crippen LogP contribution is -2.37. The van der Waals surface area contributed by atoms with Crippen LogP contribution in [-0.2, 0) is 14.3 Å². The van der Waals surface area contributed by atoms with Gasteiger partial charge in [0.2, 0.25) is 5.91 Å². The number of nitrogens with one attached hydrogen (secondary N) is 1. The maximum atomic E-state index is 12.2. The Labute approximate surface area is 162 Å². The van der Waals surface area contributed by atoms with Gasteiger partial charge in [-0.3, -0.25) is 9.59 Å². The van der Waals surface area contributed by atoms with Crippen LogP contribution in [0.1, 0.15) is 15.9 Å². The van der Waals surface area contributed by atoms with Crippen LogP contribution in [0.15, 0.2) is 53.4 Å². The van der Waals surface area contributed by atoms with Gasteiger partial charge in [-0.15, -0.1) is 11.8 Å². The molecule has 7 heteroatoms. The van der Waals surface area contributed by atoms with E-state index >= 15 is 0 Å². The summed E-state index contributed by atoms with van der Waals surface area (Å²) in [6.45, 7) is 1.40. The third-order valence-corrected chi connectivity index (χ3v) is 4.59. The van der Waals surface area contributed by atoms with Crippen molar-refractivity contribution >= 4 is 35.2 Å². The molecule has 6 nitrogen and oxygen atoms in total. The molecule has 0 saturated heterocycles. The summed E-state index contributed by atoms with van der Waals surface area (Å²) in [5.74, 6) is -1.34. The second-order valence-electron chi connectivity index (χ2n) is 5.94. The van der Waals surface area contributed by atoms with Crippen molar-refractivity contribution in [1.82, 2.24) is 4.90 Å². The van der Waals surface area contributed by atoms with Crippen molar-refractivity contribution in [3.8, 4) is 0 Å². The van der Waals surface area contributed by atoms with E-state index < -0.39 is 18.5 Å². The maximum absolute atomic E-state index is 12.2. The number of esters is 1. The van der Waals surface area contributed by atoms with E-state index in [0.29, 0.717) is 11.3 Å². The zero-order valence-corrected chi connectivity index (χ0v) is 16.3. The van der Waals surface area contributed by atoms with E-state index in [1.807, 2.05) is 37.4 Å². The third-order valence-electron chi connectivity index (χ3n) is 3.80. The molecule has 0 aliphatic rings. The molecule has 0 heterocycles. The molecule has 0 radical (unpaired) electrons. The molecule has 0 spiro atoms. The van der Waals surface area contributed by atoms with Crippen LogP contribution in [0.4, 0.5) is 5.69 Å². The highest BCUT2D eigenvalue weighted by Crippen LogP contribution is 2.20. The number of carbonyl (C=O) groups is 3. The molecule has 2 aromatic carbocycles. The summed E-state index contributed by atoms with van der Waals surface area (Å²) < 4.78 is 5.09. The first-order valence-electron chi connectivity index (χ1n) is 8.31. The fourth-order valence-electron chi connectivity index (χ4n) is 2.27. The molecular weight excluding hydrogens is 364 g/mol. The Morgan fingerprint density at radius 1 is 1.07 bits per heavy atom. The van der Waals surface area contributed by atoms with E-state index in [4.69, 9.17) is 4.74 Å². The first-order valence-corrected chi connectivity index (χ1v) is 9.54. The van der Waals surface area contributed by atoms with Crippen LogP contribution in [0.3, 0.4) is 0 Å². The molecule has 0 fully saturated rings. The Balaban J connectivity index is 1.83. The Kier molecular flexibility index (Phi) is 7.43. The number of aryl methyl sites for hydroxylation is 1. The molecule has 0 aliphatic heterocycles. The van der Waals surface area contributed by atoms with E-state index in [1.165, 1.54) is 23.7 Å². The lowest BCUT2D eigenvalue weighted by molar-refractivity contribution is -0.136. The molecule has 27 heavy (non-hydrogen) atoms. The van der Waals surface area contributed by atoms with Gasteiger partial charge in [0, 0.05) is 17.6 Å². The number of anilines is 1. The number of likely N-dealkylation sites (N-methyl/N-ethyl adjacent to an activating group) is 1. The van der Waals surface area contributed by atoms with Crippen LogP contribution >= 0.6 is 11.8 Å². The van der Waals surface area contributed by atoms with Gasteiger partial charge < -0.3 is 15.0 Å². The lowest BCUT2D eigenvalue weighted by Gasteiger charge is -2.17. The Morgan fingerprint density at radius 3 is 2.41 bits per heavy atom. The van der Waals surface area contributed by atoms with Crippen LogP contribution in [0.5, 0.6) is 0 Å². The molecule has 2 aromatic rings. The summed E-state index contributed by atoms with van der Waals surface area (Å²) in [6.07, 6.45) is 1.86. The predicted octanol–water partition coefficient (Wildman–Crippen LogP) is 2.97. The average molecular weight is 386 g/mol. The lowest BCUT2D eigenvalue weighted by atomic mass is 10.2. The summed E-state index contributed by atoms with van der Waals surface area (Å²) in [7, 11) is 1.49. The predicted molar refractivity (Wildman–Crippen MR) is 106 cm³/mol. The number of hydrogen-bond acceptors (Lipinski definition) is 5. The monoisotopic (exact) mass is 386 g/mol. The molecule has 2 rings (SSSR count). The number of benzene rings is 2. The van der Waals surface area contributed by atoms with E-state index in [9.17, 15) is 14.4 Å². The van der Waals surface area contributed by atoms with Crippen molar-refractivity contribution in [3.05, 3.63) is 59.7 Å². The second kappa shape index (κ2) is 9.78. The Bertz CT molecular complexity index is 821. The number of ether oxygens (including phenoxy) is 1. The molecule has 0 unspecified atom stereocenters. The van der Waals surface area contributed by atoms with Crippen LogP contribution in [-0.4, -0.2) is 49.1 Å². The summed E-state index contributed by atoms with van der Waals surface area (Å²) in [5.41, 5.74) is 2.16. The Morgan fingerprint density at radius 2 is 1.74 bits per heavy atom. The van der Waals surface area contributed by atoms with Gasteiger partial charge in [-0.25, -0.2) is 4.79 Å². The third kappa shape index (κ3) is 6.14. The zero-order chi connectivity index (χ0) is 19.8. The number of thioether (sulfide) groups is 1. The summed E-state index contributed by atoms with van der Waals surface area (Å²) in [6, 6.07) is 14.4. The minimum atomic E-state index is -0.564. The summed E-state index contributed by atoms with van der Waals surface area (Å²) in [5, 5.41) is 2.72. The van der Waals surface area contributed by atoms with Crippen molar-refractivity contribution < 1.29 is 19.1 Å². The summed E-state index contributed by atoms with van der Waals surface area (Å²) in [4.78, 5) is 38.3. The molecule has 1 N–H and O–H groups in total. The van der Waals surface area contributed by atoms with Crippen molar-refractivity contribution in [3.63, 3.8) is 0 Å². The van der Waals surface area contributed by atoms with Gasteiger partial charge in [0.05, 0.1) is 12.1 Å². The topological polar surface area (TPSA) is 75.7 Å². The second-order valence-corrected chi connectivity index (χ2v) is 6.79. The fourth-order valence-corrected chi connectivity index (χ4v) is 2.86. The number of nitrogens with zero attached hydrogens (tertiary/aromatic N) is 1. The zero-order valence-electron chi connectivity index (χ0n) is 15.5. The molecule has 0 saturated carbocycles. The molecule has 0 bridgehead atoms. The Hall–Kier alpha value is -2.80. The van der Waals surface area contributed by atoms with Crippen LogP contribution < -0.4 is 5.32 Å². The van der Waals surface area contributed by atoms with Gasteiger partial charge in [-0.1, -0.05) is 29.8 Å². The quantitative estimate of drug-likeness (QED) is 0.585. The van der Waals surface area contributed by atoms with Gasteiger partial charge in [0.25, 0.3) is 5.91 Å². The molecule has 142 valence electrons. The standard InChI is InChI=1S/C20H22N2O4S/c1-14-8-10-15(11-9-14)21-18(23)12-22(2)19(24)13-26-20(25)16-6-4-5-7-17(16)27-3/h4-11H,12-13H2,1-3H3,(H,21,23). The van der Waals surface area contributed by atoms with Crippen molar-refractivity contribution in [1.29, 1.82) is 0 Å². The van der Waals surface area contributed by atoms with Crippen LogP contribution in [0.2, 0.25) is 0 Å². The highest BCUT2D eigenvalue weighted by atomic mass is 32.2. The van der Waals surface area contributed by atoms with Crippen LogP contribution in [0, 0.1) is 6.92 Å². The van der Waals surface area contributed by atoms with E-state index in [0.717, 1.165) is 10.5 Å². The molecule has 2 amide bonds. The van der Waals surface area contributed by atoms with Crippen molar-refractivity contribution in [2.24, 2.45) is 0 Å². The van der Waals surface area contributed by atoms with Gasteiger partial charge in [-0.2, -0.15) is 0 Å². The number of carbonyl (C=O) groups excluding carboxylic acids is 3. The number of amides is 2. The van der Waals surface area contributed by atoms with E-state index in [2.05, 4.69) is 5.32 Å². The van der Waals surface area contributed by atoms with Gasteiger partial charge >= 0.3 is 5.97 Å². The van der Waals surface area contributed by atoms with Gasteiger partial charge in [0.1, 0.15) is 0 Å². The molecular formula is C20H22N2O4S. The van der Waals surface area contributed by atoms with Gasteiger partial charge in [0.15, 0.2) is 6.61 Å². The largest absolute Gasteiger partial charge is 0.452 e. The number of rotatable bonds is 7. The van der Waals surface area contributed by atoms with Crippen LogP contribution in [0.25, 0.3) is 0 Å². The fraction of sp³-hybridized carbons (Fsp3) is 0.250. The molecule has 0 aromatic heterocycles. The first kappa shape index (κ1) is 20.5. The highest BCUT2D eigenvalue weighted by molar-refractivity contribution is 7.98. The van der Waals surface area contributed by atoms with Gasteiger partial charge in [-0.05, 0) is 37.4 Å². The van der Waals surface area contributed by atoms with E-state index in [-0.39, 0.29) is 12.5 Å². The minimum Gasteiger partial charge on any atom is -0.452 e. The normalized spacial score (nSPS) is 10.2.